The van der Waals surface area contributed by atoms with Gasteiger partial charge in [-0.05, 0) is 54.1 Å². The molecule has 0 saturated heterocycles. The van der Waals surface area contributed by atoms with Crippen LogP contribution in [-0.2, 0) is 0 Å². The lowest BCUT2D eigenvalue weighted by Gasteiger charge is -2.15. The van der Waals surface area contributed by atoms with Gasteiger partial charge in [-0.1, -0.05) is 24.3 Å². The summed E-state index contributed by atoms with van der Waals surface area (Å²) in [6.45, 7) is 3.44. The van der Waals surface area contributed by atoms with Crippen molar-refractivity contribution < 1.29 is 0 Å². The molecule has 0 amide bonds. The summed E-state index contributed by atoms with van der Waals surface area (Å²) in [5.41, 5.74) is 6.05. The third kappa shape index (κ3) is 4.70. The Hall–Kier alpha value is -5.05. The molecule has 0 saturated carbocycles. The zero-order valence-corrected chi connectivity index (χ0v) is 21.2. The Kier molecular flexibility index (Phi) is 5.93. The highest BCUT2D eigenvalue weighted by Gasteiger charge is 2.16. The molecular formula is C30H25N9. The normalized spacial score (nSPS) is 17.6. The zero-order valence-electron chi connectivity index (χ0n) is 21.2. The monoisotopic (exact) mass is 511 g/mol. The first kappa shape index (κ1) is 23.1. The van der Waals surface area contributed by atoms with Gasteiger partial charge in [0.2, 0.25) is 0 Å². The van der Waals surface area contributed by atoms with Gasteiger partial charge in [0, 0.05) is 47.4 Å². The van der Waals surface area contributed by atoms with Crippen LogP contribution in [0.5, 0.6) is 0 Å². The lowest BCUT2D eigenvalue weighted by atomic mass is 10.1. The van der Waals surface area contributed by atoms with Crippen LogP contribution in [0.3, 0.4) is 0 Å². The molecule has 0 spiro atoms. The topological polar surface area (TPSA) is 94.6 Å². The zero-order chi connectivity index (χ0) is 26.0. The number of benzene rings is 3. The van der Waals surface area contributed by atoms with E-state index in [4.69, 9.17) is 15.0 Å². The second-order valence-corrected chi connectivity index (χ2v) is 9.46. The summed E-state index contributed by atoms with van der Waals surface area (Å²) >= 11 is 0. The van der Waals surface area contributed by atoms with Crippen molar-refractivity contribution >= 4 is 36.6 Å². The van der Waals surface area contributed by atoms with Crippen molar-refractivity contribution in [3.05, 3.63) is 78.4 Å². The number of rotatable bonds is 6. The molecule has 0 N–H and O–H groups in total. The van der Waals surface area contributed by atoms with E-state index < -0.39 is 0 Å². The van der Waals surface area contributed by atoms with Crippen molar-refractivity contribution in [1.82, 2.24) is 15.0 Å². The fourth-order valence-electron chi connectivity index (χ4n) is 4.79. The smallest absolute Gasteiger partial charge is 0.164 e. The summed E-state index contributed by atoms with van der Waals surface area (Å²) in [6.07, 6.45) is 7.20. The van der Waals surface area contributed by atoms with Crippen molar-refractivity contribution in [3.8, 4) is 34.2 Å². The Labute approximate surface area is 226 Å². The highest BCUT2D eigenvalue weighted by Crippen LogP contribution is 2.29. The molecule has 9 heteroatoms. The van der Waals surface area contributed by atoms with Gasteiger partial charge in [-0.25, -0.2) is 19.9 Å². The van der Waals surface area contributed by atoms with Gasteiger partial charge in [0.15, 0.2) is 17.5 Å². The van der Waals surface area contributed by atoms with E-state index in [1.165, 1.54) is 0 Å². The van der Waals surface area contributed by atoms with Crippen LogP contribution in [0.2, 0.25) is 0 Å². The minimum absolute atomic E-state index is 0.0399. The molecule has 1 atom stereocenters. The highest BCUT2D eigenvalue weighted by molar-refractivity contribution is 5.84. The van der Waals surface area contributed by atoms with Crippen molar-refractivity contribution in [2.24, 2.45) is 20.0 Å². The molecule has 4 heterocycles. The van der Waals surface area contributed by atoms with Gasteiger partial charge in [-0.3, -0.25) is 15.0 Å². The maximum atomic E-state index is 4.90. The summed E-state index contributed by atoms with van der Waals surface area (Å²) in [5, 5.41) is 0. The van der Waals surface area contributed by atoms with E-state index in [1.54, 1.807) is 6.34 Å². The molecule has 39 heavy (non-hydrogen) atoms. The Bertz CT molecular complexity index is 1510. The molecule has 9 nitrogen and oxygen atoms in total. The average Bonchev–Trinajstić information content (AvgIpc) is 3.82. The van der Waals surface area contributed by atoms with Crippen LogP contribution in [0.1, 0.15) is 11.6 Å². The summed E-state index contributed by atoms with van der Waals surface area (Å²) in [5.74, 6) is 1.88. The Morgan fingerprint density at radius 1 is 0.564 bits per heavy atom. The third-order valence-corrected chi connectivity index (χ3v) is 6.96. The molecule has 3 aromatic carbocycles. The molecule has 0 aliphatic carbocycles. The number of aromatic nitrogens is 3. The second-order valence-electron chi connectivity index (χ2n) is 9.46. The summed E-state index contributed by atoms with van der Waals surface area (Å²) < 4.78 is 0. The predicted octanol–water partition coefficient (Wildman–Crippen LogP) is 4.72. The van der Waals surface area contributed by atoms with Crippen molar-refractivity contribution in [2.75, 3.05) is 36.0 Å². The van der Waals surface area contributed by atoms with Crippen LogP contribution in [0.25, 0.3) is 34.2 Å². The fourth-order valence-corrected chi connectivity index (χ4v) is 4.79. The molecule has 7 rings (SSSR count). The Balaban J connectivity index is 1.26. The van der Waals surface area contributed by atoms with Gasteiger partial charge in [-0.2, -0.15) is 0 Å². The van der Waals surface area contributed by atoms with Crippen LogP contribution < -0.4 is 9.80 Å². The molecule has 190 valence electrons. The van der Waals surface area contributed by atoms with Crippen LogP contribution in [0.4, 0.5) is 11.4 Å². The van der Waals surface area contributed by atoms with Gasteiger partial charge in [0.25, 0.3) is 0 Å². The standard InChI is InChI=1S/C30H25N9/c1-3-22(4-2-21(1)27-17-33-18-34-27)28-35-29(23-5-9-25(10-6-23)38-15-13-31-19-38)37-30(36-28)24-7-11-26(12-8-24)39-16-14-32-20-39/h1-12,17-20,27H,13-16H2. The summed E-state index contributed by atoms with van der Waals surface area (Å²) in [6, 6.07) is 24.7. The minimum atomic E-state index is -0.0399. The van der Waals surface area contributed by atoms with Gasteiger partial charge in [-0.15, -0.1) is 0 Å². The van der Waals surface area contributed by atoms with Gasteiger partial charge in [0.05, 0.1) is 25.8 Å². The van der Waals surface area contributed by atoms with Crippen molar-refractivity contribution in [3.63, 3.8) is 0 Å². The van der Waals surface area contributed by atoms with Crippen LogP contribution in [-0.4, -0.2) is 66.4 Å². The van der Waals surface area contributed by atoms with Gasteiger partial charge >= 0.3 is 0 Å². The van der Waals surface area contributed by atoms with Crippen LogP contribution in [0, 0.1) is 0 Å². The number of hydrogen-bond acceptors (Lipinski definition) is 9. The van der Waals surface area contributed by atoms with E-state index in [9.17, 15) is 0 Å². The molecule has 1 aromatic heterocycles. The quantitative estimate of drug-likeness (QED) is 0.373. The molecule has 0 fully saturated rings. The van der Waals surface area contributed by atoms with E-state index in [1.807, 2.05) is 31.0 Å². The maximum absolute atomic E-state index is 4.90. The van der Waals surface area contributed by atoms with E-state index in [0.717, 1.165) is 59.8 Å². The molecule has 4 aromatic rings. The summed E-state index contributed by atoms with van der Waals surface area (Å²) in [7, 11) is 0. The first-order chi connectivity index (χ1) is 19.3. The molecule has 3 aliphatic rings. The molecule has 0 bridgehead atoms. The maximum Gasteiger partial charge on any atom is 0.164 e. The fraction of sp³-hybridized carbons (Fsp3) is 0.167. The van der Waals surface area contributed by atoms with Gasteiger partial charge in [0.1, 0.15) is 12.4 Å². The largest absolute Gasteiger partial charge is 0.331 e. The van der Waals surface area contributed by atoms with E-state index in [-0.39, 0.29) is 6.04 Å². The van der Waals surface area contributed by atoms with Gasteiger partial charge < -0.3 is 9.80 Å². The molecular weight excluding hydrogens is 486 g/mol. The van der Waals surface area contributed by atoms with Crippen LogP contribution >= 0.6 is 0 Å². The minimum Gasteiger partial charge on any atom is -0.331 e. The van der Waals surface area contributed by atoms with E-state index in [2.05, 4.69) is 90.4 Å². The number of aliphatic imine (C=N–C) groups is 4. The third-order valence-electron chi connectivity index (χ3n) is 6.96. The second kappa shape index (κ2) is 10.0. The Morgan fingerprint density at radius 3 is 1.41 bits per heavy atom. The SMILES string of the molecule is C1=NC=NC1c1ccc(-c2nc(-c3ccc(N4C=NCC4)cc3)nc(-c3ccc(N4C=NCC4)cc3)n2)cc1. The highest BCUT2D eigenvalue weighted by atomic mass is 15.2. The average molecular weight is 512 g/mol. The lowest BCUT2D eigenvalue weighted by Crippen LogP contribution is -2.17. The number of hydrogen-bond donors (Lipinski definition) is 0. The lowest BCUT2D eigenvalue weighted by molar-refractivity contribution is 1.01. The van der Waals surface area contributed by atoms with Crippen molar-refractivity contribution in [1.29, 1.82) is 0 Å². The first-order valence-electron chi connectivity index (χ1n) is 13.0. The molecule has 0 radical (unpaired) electrons. The number of nitrogens with zero attached hydrogens (tertiary/aromatic N) is 9. The number of anilines is 2. The van der Waals surface area contributed by atoms with Crippen LogP contribution in [0.15, 0.2) is 92.8 Å². The van der Waals surface area contributed by atoms with E-state index in [0.29, 0.717) is 17.5 Å². The molecule has 3 aliphatic heterocycles. The van der Waals surface area contributed by atoms with Crippen molar-refractivity contribution in [2.45, 2.75) is 6.04 Å². The predicted molar refractivity (Wildman–Crippen MR) is 157 cm³/mol. The van der Waals surface area contributed by atoms with E-state index >= 15 is 0 Å². The first-order valence-corrected chi connectivity index (χ1v) is 13.0. The Morgan fingerprint density at radius 2 is 1.03 bits per heavy atom. The molecule has 1 unspecified atom stereocenters. The summed E-state index contributed by atoms with van der Waals surface area (Å²) in [4.78, 5) is 36.1.